The summed E-state index contributed by atoms with van der Waals surface area (Å²) < 4.78 is 1.64. The quantitative estimate of drug-likeness (QED) is 0.684. The van der Waals surface area contributed by atoms with Crippen LogP contribution in [0.1, 0.15) is 15.5 Å². The summed E-state index contributed by atoms with van der Waals surface area (Å²) in [6.07, 6.45) is 0. The second-order valence-corrected chi connectivity index (χ2v) is 6.58. The number of carboxylic acids is 1. The van der Waals surface area contributed by atoms with Crippen molar-refractivity contribution < 1.29 is 14.7 Å². The van der Waals surface area contributed by atoms with Gasteiger partial charge in [-0.15, -0.1) is 11.3 Å². The predicted molar refractivity (Wildman–Crippen MR) is 86.8 cm³/mol. The summed E-state index contributed by atoms with van der Waals surface area (Å²) in [5, 5.41) is 16.0. The smallest absolute Gasteiger partial charge is 0.355 e. The van der Waals surface area contributed by atoms with Crippen LogP contribution in [0.2, 0.25) is 0 Å². The summed E-state index contributed by atoms with van der Waals surface area (Å²) in [6, 6.07) is 4.97. The molecule has 1 aromatic heterocycles. The molecule has 0 aliphatic carbocycles. The van der Waals surface area contributed by atoms with E-state index in [0.717, 1.165) is 8.95 Å². The Hall–Kier alpha value is -1.45. The molecule has 0 fully saturated rings. The fraction of sp³-hybridized carbons (Fsp3) is 0.0833. The number of nitrogens with one attached hydrogen (secondary N) is 2. The number of amides is 2. The van der Waals surface area contributed by atoms with E-state index in [4.69, 9.17) is 5.11 Å². The van der Waals surface area contributed by atoms with Crippen LogP contribution in [-0.2, 0) is 6.54 Å². The number of rotatable bonds is 4. The van der Waals surface area contributed by atoms with Crippen LogP contribution in [0.3, 0.4) is 0 Å². The van der Waals surface area contributed by atoms with Crippen LogP contribution in [0, 0.1) is 0 Å². The summed E-state index contributed by atoms with van der Waals surface area (Å²) >= 11 is 7.85. The Morgan fingerprint density at radius 2 is 2.10 bits per heavy atom. The molecule has 2 rings (SSSR count). The second-order valence-electron chi connectivity index (χ2n) is 3.86. The summed E-state index contributed by atoms with van der Waals surface area (Å²) in [7, 11) is 0. The van der Waals surface area contributed by atoms with Gasteiger partial charge in [-0.05, 0) is 34.1 Å². The second kappa shape index (κ2) is 7.01. The average Bonchev–Trinajstić information content (AvgIpc) is 2.89. The number of urea groups is 1. The van der Waals surface area contributed by atoms with Gasteiger partial charge in [-0.1, -0.05) is 15.9 Å². The standard InChI is InChI=1S/C12H9Br2N3O3S/c13-6-1-2-8(7(14)3-6)17-12(20)15-4-10-16-9(5-21-10)11(18)19/h1-3,5H,4H2,(H,18,19)(H2,15,17,20). The predicted octanol–water partition coefficient (Wildman–Crippen LogP) is 3.69. The zero-order valence-electron chi connectivity index (χ0n) is 10.4. The highest BCUT2D eigenvalue weighted by Crippen LogP contribution is 2.26. The zero-order valence-corrected chi connectivity index (χ0v) is 14.4. The minimum atomic E-state index is -1.08. The van der Waals surface area contributed by atoms with Crippen LogP contribution < -0.4 is 10.6 Å². The lowest BCUT2D eigenvalue weighted by Gasteiger charge is -2.08. The van der Waals surface area contributed by atoms with Gasteiger partial charge in [0.15, 0.2) is 5.69 Å². The molecule has 21 heavy (non-hydrogen) atoms. The first-order valence-electron chi connectivity index (χ1n) is 5.63. The number of carbonyl (C=O) groups excluding carboxylic acids is 1. The van der Waals surface area contributed by atoms with Gasteiger partial charge >= 0.3 is 12.0 Å². The molecule has 2 aromatic rings. The number of hydrogen-bond acceptors (Lipinski definition) is 4. The Morgan fingerprint density at radius 3 is 2.71 bits per heavy atom. The van der Waals surface area contributed by atoms with Crippen LogP contribution in [0.5, 0.6) is 0 Å². The SMILES string of the molecule is O=C(NCc1nc(C(=O)O)cs1)Nc1ccc(Br)cc1Br. The van der Waals surface area contributed by atoms with Gasteiger partial charge in [0, 0.05) is 14.3 Å². The van der Waals surface area contributed by atoms with E-state index in [2.05, 4.69) is 47.5 Å². The van der Waals surface area contributed by atoms with Crippen molar-refractivity contribution in [3.8, 4) is 0 Å². The van der Waals surface area contributed by atoms with Crippen molar-refractivity contribution in [2.45, 2.75) is 6.54 Å². The van der Waals surface area contributed by atoms with E-state index < -0.39 is 12.0 Å². The maximum atomic E-state index is 11.8. The Morgan fingerprint density at radius 1 is 1.33 bits per heavy atom. The number of benzene rings is 1. The number of carbonyl (C=O) groups is 2. The van der Waals surface area contributed by atoms with Crippen molar-refractivity contribution in [1.29, 1.82) is 0 Å². The van der Waals surface area contributed by atoms with Crippen molar-refractivity contribution in [2.75, 3.05) is 5.32 Å². The Balaban J connectivity index is 1.91. The van der Waals surface area contributed by atoms with Gasteiger partial charge in [0.1, 0.15) is 5.01 Å². The number of anilines is 1. The molecular formula is C12H9Br2N3O3S. The molecule has 2 amide bonds. The van der Waals surface area contributed by atoms with Gasteiger partial charge < -0.3 is 15.7 Å². The van der Waals surface area contributed by atoms with Gasteiger partial charge in [0.05, 0.1) is 12.2 Å². The molecule has 0 spiro atoms. The third kappa shape index (κ3) is 4.51. The van der Waals surface area contributed by atoms with E-state index in [-0.39, 0.29) is 12.2 Å². The maximum absolute atomic E-state index is 11.8. The third-order valence-corrected chi connectivity index (χ3v) is 4.35. The van der Waals surface area contributed by atoms with Crippen molar-refractivity contribution >= 4 is 60.9 Å². The van der Waals surface area contributed by atoms with E-state index in [0.29, 0.717) is 10.7 Å². The zero-order chi connectivity index (χ0) is 15.4. The van der Waals surface area contributed by atoms with Crippen LogP contribution in [0.15, 0.2) is 32.5 Å². The largest absolute Gasteiger partial charge is 0.476 e. The Labute approximate surface area is 140 Å². The molecule has 3 N–H and O–H groups in total. The monoisotopic (exact) mass is 433 g/mol. The molecule has 0 saturated heterocycles. The summed E-state index contributed by atoms with van der Waals surface area (Å²) in [5.41, 5.74) is 0.605. The molecule has 0 radical (unpaired) electrons. The lowest BCUT2D eigenvalue weighted by atomic mass is 10.3. The highest BCUT2D eigenvalue weighted by molar-refractivity contribution is 9.11. The van der Waals surface area contributed by atoms with Crippen molar-refractivity contribution in [3.05, 3.63) is 43.2 Å². The lowest BCUT2D eigenvalue weighted by molar-refractivity contribution is 0.0691. The van der Waals surface area contributed by atoms with Gasteiger partial charge in [0.2, 0.25) is 0 Å². The van der Waals surface area contributed by atoms with Crippen LogP contribution in [0.25, 0.3) is 0 Å². The number of nitrogens with zero attached hydrogens (tertiary/aromatic N) is 1. The highest BCUT2D eigenvalue weighted by Gasteiger charge is 2.10. The van der Waals surface area contributed by atoms with Crippen molar-refractivity contribution in [3.63, 3.8) is 0 Å². The lowest BCUT2D eigenvalue weighted by Crippen LogP contribution is -2.28. The fourth-order valence-electron chi connectivity index (χ4n) is 1.40. The number of hydrogen-bond donors (Lipinski definition) is 3. The van der Waals surface area contributed by atoms with E-state index >= 15 is 0 Å². The number of aromatic nitrogens is 1. The molecule has 9 heteroatoms. The van der Waals surface area contributed by atoms with E-state index in [1.54, 1.807) is 12.1 Å². The number of aromatic carboxylic acids is 1. The van der Waals surface area contributed by atoms with E-state index in [9.17, 15) is 9.59 Å². The molecule has 1 heterocycles. The number of halogens is 2. The van der Waals surface area contributed by atoms with Crippen molar-refractivity contribution in [2.24, 2.45) is 0 Å². The first-order valence-corrected chi connectivity index (χ1v) is 8.10. The minimum Gasteiger partial charge on any atom is -0.476 e. The molecule has 0 atom stereocenters. The topological polar surface area (TPSA) is 91.3 Å². The number of thiazole rings is 1. The average molecular weight is 435 g/mol. The first-order chi connectivity index (χ1) is 9.95. The minimum absolute atomic E-state index is 0.0205. The Kier molecular flexibility index (Phi) is 5.32. The van der Waals surface area contributed by atoms with Crippen molar-refractivity contribution in [1.82, 2.24) is 10.3 Å². The van der Waals surface area contributed by atoms with Crippen LogP contribution in [0.4, 0.5) is 10.5 Å². The van der Waals surface area contributed by atoms with E-state index in [1.807, 2.05) is 6.07 Å². The van der Waals surface area contributed by atoms with Gasteiger partial charge in [0.25, 0.3) is 0 Å². The molecule has 0 bridgehead atoms. The normalized spacial score (nSPS) is 10.2. The molecule has 0 saturated carbocycles. The molecule has 0 aliphatic heterocycles. The Bertz CT molecular complexity index is 690. The third-order valence-electron chi connectivity index (χ3n) is 2.35. The van der Waals surface area contributed by atoms with Gasteiger partial charge in [-0.2, -0.15) is 0 Å². The number of carboxylic acid groups (broad SMARTS) is 1. The van der Waals surface area contributed by atoms with E-state index in [1.165, 1.54) is 16.7 Å². The van der Waals surface area contributed by atoms with Crippen LogP contribution >= 0.6 is 43.2 Å². The molecular weight excluding hydrogens is 426 g/mol. The van der Waals surface area contributed by atoms with Gasteiger partial charge in [-0.3, -0.25) is 0 Å². The summed E-state index contributed by atoms with van der Waals surface area (Å²) in [5.74, 6) is -1.08. The fourth-order valence-corrected chi connectivity index (χ4v) is 3.26. The molecule has 0 unspecified atom stereocenters. The molecule has 110 valence electrons. The molecule has 1 aromatic carbocycles. The maximum Gasteiger partial charge on any atom is 0.355 e. The first kappa shape index (κ1) is 15.9. The molecule has 6 nitrogen and oxygen atoms in total. The molecule has 0 aliphatic rings. The van der Waals surface area contributed by atoms with Gasteiger partial charge in [-0.25, -0.2) is 14.6 Å². The summed E-state index contributed by atoms with van der Waals surface area (Å²) in [4.78, 5) is 26.3. The highest BCUT2D eigenvalue weighted by atomic mass is 79.9. The van der Waals surface area contributed by atoms with Crippen LogP contribution in [-0.4, -0.2) is 22.1 Å². The summed E-state index contributed by atoms with van der Waals surface area (Å²) in [6.45, 7) is 0.165.